The molecule has 2 aromatic rings. The number of primary amides is 1. The molecule has 0 spiro atoms. The zero-order valence-corrected chi connectivity index (χ0v) is 18.7. The first-order chi connectivity index (χ1) is 15.7. The van der Waals surface area contributed by atoms with Gasteiger partial charge in [0.2, 0.25) is 0 Å². The maximum Gasteiger partial charge on any atom is 0.417 e. The second-order valence-electron chi connectivity index (χ2n) is 8.01. The molecular weight excluding hydrogens is 437 g/mol. The van der Waals surface area contributed by atoms with Crippen molar-refractivity contribution in [3.05, 3.63) is 47.2 Å². The summed E-state index contributed by atoms with van der Waals surface area (Å²) in [5.74, 6) is 0.345. The Balaban J connectivity index is 1.59. The summed E-state index contributed by atoms with van der Waals surface area (Å²) in [5.41, 5.74) is 4.44. The highest BCUT2D eigenvalue weighted by Crippen LogP contribution is 2.33. The van der Waals surface area contributed by atoms with Crippen molar-refractivity contribution in [1.82, 2.24) is 9.88 Å². The van der Waals surface area contributed by atoms with E-state index in [1.165, 1.54) is 0 Å². The van der Waals surface area contributed by atoms with E-state index in [1.54, 1.807) is 7.11 Å². The lowest BCUT2D eigenvalue weighted by Gasteiger charge is -2.32. The topological polar surface area (TPSA) is 89.7 Å². The summed E-state index contributed by atoms with van der Waals surface area (Å²) in [6.07, 6.45) is -1.42. The van der Waals surface area contributed by atoms with Crippen molar-refractivity contribution in [2.45, 2.75) is 44.9 Å². The Morgan fingerprint density at radius 2 is 1.97 bits per heavy atom. The number of nitrogens with zero attached hydrogens (tertiary/aromatic N) is 2. The largest absolute Gasteiger partial charge is 0.493 e. The van der Waals surface area contributed by atoms with Gasteiger partial charge in [-0.15, -0.1) is 0 Å². The van der Waals surface area contributed by atoms with Crippen LogP contribution in [-0.2, 0) is 12.7 Å². The number of halogens is 3. The van der Waals surface area contributed by atoms with Crippen LogP contribution in [-0.4, -0.2) is 48.6 Å². The van der Waals surface area contributed by atoms with Crippen molar-refractivity contribution in [3.63, 3.8) is 0 Å². The van der Waals surface area contributed by atoms with Crippen LogP contribution < -0.4 is 20.5 Å². The molecule has 0 saturated carbocycles. The monoisotopic (exact) mass is 466 g/mol. The van der Waals surface area contributed by atoms with Crippen molar-refractivity contribution in [1.29, 1.82) is 0 Å². The predicted octanol–water partition coefficient (Wildman–Crippen LogP) is 4.07. The van der Waals surface area contributed by atoms with E-state index in [0.717, 1.165) is 62.5 Å². The van der Waals surface area contributed by atoms with Gasteiger partial charge in [-0.05, 0) is 43.0 Å². The Labute approximate surface area is 191 Å². The first kappa shape index (κ1) is 24.6. The summed E-state index contributed by atoms with van der Waals surface area (Å²) in [7, 11) is 1.61. The Hall–Kier alpha value is -3.01. The van der Waals surface area contributed by atoms with E-state index in [0.29, 0.717) is 12.4 Å². The zero-order valence-electron chi connectivity index (χ0n) is 18.7. The van der Waals surface area contributed by atoms with Gasteiger partial charge in [0.05, 0.1) is 24.8 Å². The van der Waals surface area contributed by atoms with Gasteiger partial charge in [0.25, 0.3) is 5.91 Å². The van der Waals surface area contributed by atoms with Crippen LogP contribution in [0.1, 0.15) is 47.7 Å². The van der Waals surface area contributed by atoms with Gasteiger partial charge in [0.1, 0.15) is 5.82 Å². The highest BCUT2D eigenvalue weighted by molar-refractivity contribution is 5.94. The number of aromatic nitrogens is 1. The molecule has 1 aromatic carbocycles. The van der Waals surface area contributed by atoms with E-state index in [2.05, 4.69) is 15.2 Å². The number of anilines is 1. The Morgan fingerprint density at radius 1 is 1.24 bits per heavy atom. The predicted molar refractivity (Wildman–Crippen MR) is 118 cm³/mol. The lowest BCUT2D eigenvalue weighted by molar-refractivity contribution is -0.137. The minimum absolute atomic E-state index is 0.0198. The number of ether oxygens (including phenoxy) is 2. The molecule has 33 heavy (non-hydrogen) atoms. The number of piperidine rings is 1. The SMILES string of the molecule is CCCOc1cc(CN2CCC(Nc3cc(C(F)(F)F)c(C(N)=O)cn3)CC2)ccc1OC. The number of carbonyl (C=O) groups is 1. The van der Waals surface area contributed by atoms with Crippen LogP contribution in [0.25, 0.3) is 0 Å². The fraction of sp³-hybridized carbons (Fsp3) is 0.478. The summed E-state index contributed by atoms with van der Waals surface area (Å²) < 4.78 is 51.0. The van der Waals surface area contributed by atoms with Crippen molar-refractivity contribution in [3.8, 4) is 11.5 Å². The molecule has 180 valence electrons. The molecule has 2 heterocycles. The molecule has 1 aliphatic rings. The van der Waals surface area contributed by atoms with E-state index < -0.39 is 23.2 Å². The number of methoxy groups -OCH3 is 1. The molecule has 1 amide bonds. The van der Waals surface area contributed by atoms with Crippen LogP contribution in [0.2, 0.25) is 0 Å². The van der Waals surface area contributed by atoms with Crippen LogP contribution in [0.15, 0.2) is 30.5 Å². The summed E-state index contributed by atoms with van der Waals surface area (Å²) in [6.45, 7) is 4.95. The molecule has 0 atom stereocenters. The van der Waals surface area contributed by atoms with E-state index >= 15 is 0 Å². The van der Waals surface area contributed by atoms with Crippen molar-refractivity contribution >= 4 is 11.7 Å². The van der Waals surface area contributed by atoms with Crippen LogP contribution in [0, 0.1) is 0 Å². The van der Waals surface area contributed by atoms with Gasteiger partial charge in [-0.25, -0.2) is 4.98 Å². The smallest absolute Gasteiger partial charge is 0.417 e. The number of alkyl halides is 3. The average molecular weight is 467 g/mol. The minimum Gasteiger partial charge on any atom is -0.493 e. The molecule has 0 radical (unpaired) electrons. The number of likely N-dealkylation sites (tertiary alicyclic amines) is 1. The van der Waals surface area contributed by atoms with Gasteiger partial charge in [-0.1, -0.05) is 13.0 Å². The van der Waals surface area contributed by atoms with Crippen LogP contribution in [0.4, 0.5) is 19.0 Å². The number of pyridine rings is 1. The number of hydrogen-bond donors (Lipinski definition) is 2. The van der Waals surface area contributed by atoms with E-state index in [1.807, 2.05) is 25.1 Å². The fourth-order valence-electron chi connectivity index (χ4n) is 3.81. The number of benzene rings is 1. The number of nitrogens with two attached hydrogens (primary N) is 1. The van der Waals surface area contributed by atoms with Crippen LogP contribution >= 0.6 is 0 Å². The van der Waals surface area contributed by atoms with E-state index in [4.69, 9.17) is 15.2 Å². The number of hydrogen-bond acceptors (Lipinski definition) is 6. The fourth-order valence-corrected chi connectivity index (χ4v) is 3.81. The van der Waals surface area contributed by atoms with Gasteiger partial charge in [-0.2, -0.15) is 13.2 Å². The first-order valence-electron chi connectivity index (χ1n) is 10.9. The molecule has 0 unspecified atom stereocenters. The van der Waals surface area contributed by atoms with Crippen LogP contribution in [0.3, 0.4) is 0 Å². The third kappa shape index (κ3) is 6.50. The van der Waals surface area contributed by atoms with Crippen molar-refractivity contribution < 1.29 is 27.4 Å². The van der Waals surface area contributed by atoms with Gasteiger partial charge < -0.3 is 20.5 Å². The summed E-state index contributed by atoms with van der Waals surface area (Å²) in [4.78, 5) is 17.5. The van der Waals surface area contributed by atoms with Gasteiger partial charge in [0.15, 0.2) is 11.5 Å². The van der Waals surface area contributed by atoms with E-state index in [9.17, 15) is 18.0 Å². The molecule has 10 heteroatoms. The Morgan fingerprint density at radius 3 is 2.58 bits per heavy atom. The van der Waals surface area contributed by atoms with Gasteiger partial charge in [0, 0.05) is 31.9 Å². The molecule has 1 aliphatic heterocycles. The second kappa shape index (κ2) is 10.7. The number of nitrogens with one attached hydrogen (secondary N) is 1. The summed E-state index contributed by atoms with van der Waals surface area (Å²) >= 11 is 0. The van der Waals surface area contributed by atoms with Crippen molar-refractivity contribution in [2.75, 3.05) is 32.1 Å². The molecular formula is C23H29F3N4O3. The first-order valence-corrected chi connectivity index (χ1v) is 10.9. The highest BCUT2D eigenvalue weighted by Gasteiger charge is 2.35. The molecule has 1 saturated heterocycles. The highest BCUT2D eigenvalue weighted by atomic mass is 19.4. The molecule has 1 fully saturated rings. The van der Waals surface area contributed by atoms with Crippen molar-refractivity contribution in [2.24, 2.45) is 5.73 Å². The minimum atomic E-state index is -4.69. The summed E-state index contributed by atoms with van der Waals surface area (Å²) in [6, 6.07) is 6.72. The number of carbonyl (C=O) groups excluding carboxylic acids is 1. The van der Waals surface area contributed by atoms with E-state index in [-0.39, 0.29) is 11.9 Å². The lowest BCUT2D eigenvalue weighted by Crippen LogP contribution is -2.38. The molecule has 3 N–H and O–H groups in total. The zero-order chi connectivity index (χ0) is 24.0. The molecule has 1 aromatic heterocycles. The maximum atomic E-state index is 13.3. The van der Waals surface area contributed by atoms with Crippen LogP contribution in [0.5, 0.6) is 11.5 Å². The number of rotatable bonds is 9. The quantitative estimate of drug-likeness (QED) is 0.579. The molecule has 3 rings (SSSR count). The third-order valence-corrected chi connectivity index (χ3v) is 5.51. The summed E-state index contributed by atoms with van der Waals surface area (Å²) in [5, 5.41) is 3.06. The lowest BCUT2D eigenvalue weighted by atomic mass is 10.0. The molecule has 7 nitrogen and oxygen atoms in total. The van der Waals surface area contributed by atoms with Gasteiger partial charge in [-0.3, -0.25) is 9.69 Å². The van der Waals surface area contributed by atoms with Gasteiger partial charge >= 0.3 is 6.18 Å². The Bertz CT molecular complexity index is 960. The number of amides is 1. The maximum absolute atomic E-state index is 13.3. The normalized spacial score (nSPS) is 15.3. The third-order valence-electron chi connectivity index (χ3n) is 5.51. The molecule has 0 bridgehead atoms. The second-order valence-corrected chi connectivity index (χ2v) is 8.01. The average Bonchev–Trinajstić information content (AvgIpc) is 2.78. The molecule has 0 aliphatic carbocycles. The standard InChI is InChI=1S/C23H29F3N4O3/c1-3-10-33-20-11-15(4-5-19(20)32-2)14-30-8-6-16(7-9-30)29-21-12-18(23(24,25)26)17(13-28-21)22(27)31/h4-5,11-13,16H,3,6-10,14H2,1-2H3,(H2,27,31)(H,28,29). The Kier molecular flexibility index (Phi) is 8.01.